The SMILES string of the molecule is Cc1ccc(CNCCN(C)C2CCN(C)CC2)s1. The number of likely N-dealkylation sites (tertiary alicyclic amines) is 1. The van der Waals surface area contributed by atoms with Crippen molar-refractivity contribution in [1.29, 1.82) is 0 Å². The van der Waals surface area contributed by atoms with Crippen LogP contribution in [0.25, 0.3) is 0 Å². The topological polar surface area (TPSA) is 18.5 Å². The third-order valence-corrected chi connectivity index (χ3v) is 5.05. The van der Waals surface area contributed by atoms with Crippen LogP contribution in [0.2, 0.25) is 0 Å². The summed E-state index contributed by atoms with van der Waals surface area (Å²) in [4.78, 5) is 7.81. The molecule has 0 aromatic carbocycles. The molecule has 0 bridgehead atoms. The molecule has 2 rings (SSSR count). The predicted molar refractivity (Wildman–Crippen MR) is 83.9 cm³/mol. The van der Waals surface area contributed by atoms with E-state index in [1.165, 1.54) is 35.7 Å². The molecule has 1 N–H and O–H groups in total. The van der Waals surface area contributed by atoms with Crippen molar-refractivity contribution in [3.05, 3.63) is 21.9 Å². The number of rotatable bonds is 6. The number of hydrogen-bond donors (Lipinski definition) is 1. The van der Waals surface area contributed by atoms with Gasteiger partial charge in [-0.15, -0.1) is 11.3 Å². The maximum atomic E-state index is 3.55. The van der Waals surface area contributed by atoms with Crippen molar-refractivity contribution in [2.24, 2.45) is 0 Å². The second-order valence-electron chi connectivity index (χ2n) is 5.70. The minimum atomic E-state index is 0.780. The van der Waals surface area contributed by atoms with E-state index < -0.39 is 0 Å². The van der Waals surface area contributed by atoms with Crippen LogP contribution in [-0.2, 0) is 6.54 Å². The summed E-state index contributed by atoms with van der Waals surface area (Å²) in [7, 11) is 4.49. The quantitative estimate of drug-likeness (QED) is 0.806. The summed E-state index contributed by atoms with van der Waals surface area (Å²) < 4.78 is 0. The Morgan fingerprint density at radius 3 is 2.74 bits per heavy atom. The standard InChI is InChI=1S/C15H27N3S/c1-13-4-5-15(19-13)12-16-8-11-18(3)14-6-9-17(2)10-7-14/h4-5,14,16H,6-12H2,1-3H3. The molecule has 1 aliphatic heterocycles. The van der Waals surface area contributed by atoms with E-state index in [-0.39, 0.29) is 0 Å². The van der Waals surface area contributed by atoms with Crippen LogP contribution < -0.4 is 5.32 Å². The first-order chi connectivity index (χ1) is 9.15. The first-order valence-corrected chi connectivity index (χ1v) is 8.11. The van der Waals surface area contributed by atoms with Crippen molar-refractivity contribution in [1.82, 2.24) is 15.1 Å². The number of thiophene rings is 1. The number of nitrogens with one attached hydrogen (secondary N) is 1. The van der Waals surface area contributed by atoms with E-state index in [1.54, 1.807) is 0 Å². The maximum Gasteiger partial charge on any atom is 0.0300 e. The molecular weight excluding hydrogens is 254 g/mol. The first kappa shape index (κ1) is 15.0. The van der Waals surface area contributed by atoms with Gasteiger partial charge in [0.25, 0.3) is 0 Å². The minimum absolute atomic E-state index is 0.780. The highest BCUT2D eigenvalue weighted by Crippen LogP contribution is 2.15. The molecule has 1 aliphatic rings. The number of piperidine rings is 1. The normalized spacial score (nSPS) is 18.3. The van der Waals surface area contributed by atoms with Crippen molar-refractivity contribution >= 4 is 11.3 Å². The lowest BCUT2D eigenvalue weighted by molar-refractivity contribution is 0.145. The van der Waals surface area contributed by atoms with Gasteiger partial charge in [0.2, 0.25) is 0 Å². The van der Waals surface area contributed by atoms with Crippen LogP contribution in [-0.4, -0.2) is 56.1 Å². The molecule has 0 spiro atoms. The van der Waals surface area contributed by atoms with Gasteiger partial charge in [-0.1, -0.05) is 0 Å². The van der Waals surface area contributed by atoms with Crippen LogP contribution in [0, 0.1) is 6.92 Å². The van der Waals surface area contributed by atoms with Gasteiger partial charge in [0, 0.05) is 35.4 Å². The molecule has 2 heterocycles. The summed E-state index contributed by atoms with van der Waals surface area (Å²) in [5, 5.41) is 3.55. The third-order valence-electron chi connectivity index (χ3n) is 4.05. The molecule has 4 heteroatoms. The Morgan fingerprint density at radius 2 is 2.11 bits per heavy atom. The van der Waals surface area contributed by atoms with Crippen molar-refractivity contribution in [2.75, 3.05) is 40.3 Å². The van der Waals surface area contributed by atoms with E-state index in [0.29, 0.717) is 0 Å². The van der Waals surface area contributed by atoms with E-state index in [4.69, 9.17) is 0 Å². The fraction of sp³-hybridized carbons (Fsp3) is 0.733. The Morgan fingerprint density at radius 1 is 1.37 bits per heavy atom. The lowest BCUT2D eigenvalue weighted by atomic mass is 10.0. The minimum Gasteiger partial charge on any atom is -0.311 e. The van der Waals surface area contributed by atoms with E-state index in [9.17, 15) is 0 Å². The van der Waals surface area contributed by atoms with Gasteiger partial charge < -0.3 is 15.1 Å². The lowest BCUT2D eigenvalue weighted by Gasteiger charge is -2.35. The predicted octanol–water partition coefficient (Wildman–Crippen LogP) is 2.17. The van der Waals surface area contributed by atoms with Crippen molar-refractivity contribution in [2.45, 2.75) is 32.4 Å². The molecule has 0 radical (unpaired) electrons. The molecule has 1 fully saturated rings. The molecule has 1 aromatic heterocycles. The van der Waals surface area contributed by atoms with Crippen LogP contribution in [0.4, 0.5) is 0 Å². The van der Waals surface area contributed by atoms with E-state index in [1.807, 2.05) is 11.3 Å². The average Bonchev–Trinajstić information content (AvgIpc) is 2.81. The molecule has 1 saturated heterocycles. The number of aryl methyl sites for hydroxylation is 1. The van der Waals surface area contributed by atoms with E-state index in [0.717, 1.165) is 25.7 Å². The highest BCUT2D eigenvalue weighted by Gasteiger charge is 2.19. The fourth-order valence-electron chi connectivity index (χ4n) is 2.67. The summed E-state index contributed by atoms with van der Waals surface area (Å²) >= 11 is 1.89. The largest absolute Gasteiger partial charge is 0.311 e. The second-order valence-corrected chi connectivity index (χ2v) is 7.08. The second kappa shape index (κ2) is 7.39. The van der Waals surface area contributed by atoms with Gasteiger partial charge in [0.05, 0.1) is 0 Å². The van der Waals surface area contributed by atoms with Gasteiger partial charge in [-0.2, -0.15) is 0 Å². The summed E-state index contributed by atoms with van der Waals surface area (Å²) in [6, 6.07) is 5.21. The van der Waals surface area contributed by atoms with Gasteiger partial charge in [-0.3, -0.25) is 0 Å². The van der Waals surface area contributed by atoms with E-state index in [2.05, 4.69) is 48.3 Å². The Bertz CT molecular complexity index is 369. The van der Waals surface area contributed by atoms with Crippen LogP contribution >= 0.6 is 11.3 Å². The molecule has 0 amide bonds. The number of hydrogen-bond acceptors (Lipinski definition) is 4. The summed E-state index contributed by atoms with van der Waals surface area (Å²) in [5.74, 6) is 0. The summed E-state index contributed by atoms with van der Waals surface area (Å²) in [6.45, 7) is 7.91. The summed E-state index contributed by atoms with van der Waals surface area (Å²) in [5.41, 5.74) is 0. The van der Waals surface area contributed by atoms with Crippen LogP contribution in [0.1, 0.15) is 22.6 Å². The maximum absolute atomic E-state index is 3.55. The number of nitrogens with zero attached hydrogens (tertiary/aromatic N) is 2. The monoisotopic (exact) mass is 281 g/mol. The van der Waals surface area contributed by atoms with Gasteiger partial charge in [-0.25, -0.2) is 0 Å². The molecular formula is C15H27N3S. The van der Waals surface area contributed by atoms with Gasteiger partial charge in [0.15, 0.2) is 0 Å². The smallest absolute Gasteiger partial charge is 0.0300 e. The Hall–Kier alpha value is -0.420. The molecule has 0 atom stereocenters. The first-order valence-electron chi connectivity index (χ1n) is 7.30. The third kappa shape index (κ3) is 4.88. The Balaban J connectivity index is 1.60. The van der Waals surface area contributed by atoms with Crippen LogP contribution in [0.15, 0.2) is 12.1 Å². The van der Waals surface area contributed by atoms with Crippen molar-refractivity contribution in [3.63, 3.8) is 0 Å². The van der Waals surface area contributed by atoms with Gasteiger partial charge >= 0.3 is 0 Å². The molecule has 3 nitrogen and oxygen atoms in total. The molecule has 0 aliphatic carbocycles. The fourth-order valence-corrected chi connectivity index (χ4v) is 3.53. The molecule has 19 heavy (non-hydrogen) atoms. The van der Waals surface area contributed by atoms with Crippen LogP contribution in [0.3, 0.4) is 0 Å². The van der Waals surface area contributed by atoms with Crippen molar-refractivity contribution < 1.29 is 0 Å². The van der Waals surface area contributed by atoms with Crippen LogP contribution in [0.5, 0.6) is 0 Å². The van der Waals surface area contributed by atoms with Gasteiger partial charge in [0.1, 0.15) is 0 Å². The van der Waals surface area contributed by atoms with Crippen molar-refractivity contribution in [3.8, 4) is 0 Å². The molecule has 1 aromatic rings. The molecule has 0 unspecified atom stereocenters. The Kier molecular flexibility index (Phi) is 5.82. The zero-order valence-corrected chi connectivity index (χ0v) is 13.3. The molecule has 108 valence electrons. The van der Waals surface area contributed by atoms with E-state index >= 15 is 0 Å². The summed E-state index contributed by atoms with van der Waals surface area (Å²) in [6.07, 6.45) is 2.63. The number of likely N-dealkylation sites (N-methyl/N-ethyl adjacent to an activating group) is 1. The highest BCUT2D eigenvalue weighted by molar-refractivity contribution is 7.11. The zero-order chi connectivity index (χ0) is 13.7. The Labute approximate surface area is 121 Å². The molecule has 0 saturated carbocycles. The highest BCUT2D eigenvalue weighted by atomic mass is 32.1. The van der Waals surface area contributed by atoms with Gasteiger partial charge in [-0.05, 0) is 59.1 Å². The average molecular weight is 281 g/mol. The lowest BCUT2D eigenvalue weighted by Crippen LogP contribution is -2.43. The zero-order valence-electron chi connectivity index (χ0n) is 12.5.